The molecule has 2 heterocycles. The van der Waals surface area contributed by atoms with Crippen LogP contribution in [0.1, 0.15) is 194 Å². The van der Waals surface area contributed by atoms with E-state index in [-0.39, 0.29) is 25.6 Å². The van der Waals surface area contributed by atoms with Gasteiger partial charge in [-0.05, 0) is 77.0 Å². The van der Waals surface area contributed by atoms with Crippen molar-refractivity contribution in [1.29, 1.82) is 0 Å². The first-order chi connectivity index (χ1) is 34.6. The summed E-state index contributed by atoms with van der Waals surface area (Å²) in [4.78, 5) is 13.0. The number of hydrogen-bond donors (Lipinski definition) is 7. The maximum Gasteiger partial charge on any atom is 0.306 e. The Balaban J connectivity index is 1.74. The molecule has 11 atom stereocenters. The molecule has 71 heavy (non-hydrogen) atoms. The van der Waals surface area contributed by atoms with Gasteiger partial charge in [0.15, 0.2) is 12.6 Å². The van der Waals surface area contributed by atoms with Crippen LogP contribution >= 0.6 is 0 Å². The van der Waals surface area contributed by atoms with Gasteiger partial charge in [-0.1, -0.05) is 171 Å². The molecule has 11 unspecified atom stereocenters. The molecule has 0 aromatic heterocycles. The molecule has 7 N–H and O–H groups in total. The molecule has 0 saturated carbocycles. The van der Waals surface area contributed by atoms with E-state index in [9.17, 15) is 40.5 Å². The Morgan fingerprint density at radius 2 is 0.915 bits per heavy atom. The molecule has 2 rings (SSSR count). The highest BCUT2D eigenvalue weighted by Crippen LogP contribution is 2.26. The van der Waals surface area contributed by atoms with E-state index in [2.05, 4.69) is 74.6 Å². The molecule has 0 bridgehead atoms. The molecule has 412 valence electrons. The number of unbranched alkanes of at least 4 members (excludes halogenated alkanes) is 20. The first kappa shape index (κ1) is 64.8. The van der Waals surface area contributed by atoms with Gasteiger partial charge in [0.2, 0.25) is 0 Å². The predicted molar refractivity (Wildman–Crippen MR) is 279 cm³/mol. The number of carbonyl (C=O) groups excluding carboxylic acids is 1. The second-order valence-corrected chi connectivity index (χ2v) is 19.4. The fourth-order valence-corrected chi connectivity index (χ4v) is 8.51. The van der Waals surface area contributed by atoms with Crippen LogP contribution in [0.15, 0.2) is 60.8 Å². The highest BCUT2D eigenvalue weighted by Gasteiger charge is 2.47. The van der Waals surface area contributed by atoms with Crippen molar-refractivity contribution in [3.05, 3.63) is 60.8 Å². The Morgan fingerprint density at radius 3 is 1.45 bits per heavy atom. The summed E-state index contributed by atoms with van der Waals surface area (Å²) in [6.45, 7) is 3.54. The van der Waals surface area contributed by atoms with Crippen LogP contribution in [0, 0.1) is 0 Å². The summed E-state index contributed by atoms with van der Waals surface area (Å²) in [6.07, 6.45) is 37.0. The van der Waals surface area contributed by atoms with Crippen molar-refractivity contribution in [1.82, 2.24) is 0 Å². The fourth-order valence-electron chi connectivity index (χ4n) is 8.51. The molecule has 0 radical (unpaired) electrons. The van der Waals surface area contributed by atoms with Crippen LogP contribution in [-0.2, 0) is 33.2 Å². The van der Waals surface area contributed by atoms with Crippen molar-refractivity contribution >= 4 is 5.97 Å². The third-order valence-electron chi connectivity index (χ3n) is 13.0. The number of aliphatic hydroxyl groups excluding tert-OH is 7. The SMILES string of the molecule is CC/C=C\C/C=C\C/C=C\C/C=C\CCCCCCCCCOCC(COC1OC(COC2OC(CO)C(O)C(O)C2O)C(O)C(O)C1O)OC(=O)CCCCCCCCC/C=C\CCCCCCCC. The second kappa shape index (κ2) is 44.0. The van der Waals surface area contributed by atoms with Gasteiger partial charge >= 0.3 is 5.97 Å². The topological polar surface area (TPSA) is 214 Å². The monoisotopic (exact) mass is 1010 g/mol. The molecule has 2 fully saturated rings. The Bertz CT molecular complexity index is 1400. The molecule has 0 spiro atoms. The van der Waals surface area contributed by atoms with Gasteiger partial charge in [-0.2, -0.15) is 0 Å². The van der Waals surface area contributed by atoms with Crippen LogP contribution in [0.25, 0.3) is 0 Å². The van der Waals surface area contributed by atoms with Gasteiger partial charge in [-0.3, -0.25) is 4.79 Å². The van der Waals surface area contributed by atoms with E-state index < -0.39 is 80.7 Å². The minimum Gasteiger partial charge on any atom is -0.457 e. The number of allylic oxidation sites excluding steroid dienone is 10. The van der Waals surface area contributed by atoms with Gasteiger partial charge < -0.3 is 64.2 Å². The van der Waals surface area contributed by atoms with Crippen molar-refractivity contribution in [2.24, 2.45) is 0 Å². The molecule has 14 nitrogen and oxygen atoms in total. The van der Waals surface area contributed by atoms with E-state index in [0.29, 0.717) is 13.0 Å². The number of hydrogen-bond acceptors (Lipinski definition) is 14. The molecule has 0 aliphatic carbocycles. The van der Waals surface area contributed by atoms with Gasteiger partial charge in [0.25, 0.3) is 0 Å². The normalized spacial score (nSPS) is 25.8. The van der Waals surface area contributed by atoms with E-state index in [1.807, 2.05) is 0 Å². The van der Waals surface area contributed by atoms with Crippen molar-refractivity contribution in [3.63, 3.8) is 0 Å². The summed E-state index contributed by atoms with van der Waals surface area (Å²) >= 11 is 0. The number of carbonyl (C=O) groups is 1. The zero-order valence-corrected chi connectivity index (χ0v) is 43.9. The Morgan fingerprint density at radius 1 is 0.479 bits per heavy atom. The summed E-state index contributed by atoms with van der Waals surface area (Å²) in [6, 6.07) is 0. The van der Waals surface area contributed by atoms with Crippen molar-refractivity contribution in [2.75, 3.05) is 33.0 Å². The molecular formula is C57H100O14. The molecule has 0 aromatic carbocycles. The molecule has 14 heteroatoms. The van der Waals surface area contributed by atoms with Crippen LogP contribution < -0.4 is 0 Å². The van der Waals surface area contributed by atoms with Gasteiger partial charge in [-0.15, -0.1) is 0 Å². The van der Waals surface area contributed by atoms with Gasteiger partial charge in [0.05, 0.1) is 26.4 Å². The smallest absolute Gasteiger partial charge is 0.306 e. The minimum atomic E-state index is -1.71. The van der Waals surface area contributed by atoms with Gasteiger partial charge in [-0.25, -0.2) is 0 Å². The van der Waals surface area contributed by atoms with Gasteiger partial charge in [0, 0.05) is 13.0 Å². The summed E-state index contributed by atoms with van der Waals surface area (Å²) in [7, 11) is 0. The standard InChI is InChI=1S/C57H100O14/c1-3-5-7-9-11-13-15-17-19-21-22-23-25-27-29-31-33-35-37-39-41-66-43-46(69-49(59)40-38-36-34-32-30-28-26-24-20-18-16-14-12-10-8-6-4-2)44-67-56-55(65)53(63)51(61)48(71-56)45-68-57-54(64)52(62)50(60)47(42-58)70-57/h5,7,11,13,17-20,22-23,46-48,50-58,60-65H,3-4,6,8-10,12,14-16,21,24-45H2,1-2H3/b7-5-,13-11-,19-17-,20-18-,23-22-. The Hall–Kier alpha value is -2.31. The average molecular weight is 1010 g/mol. The average Bonchev–Trinajstić information content (AvgIpc) is 3.37. The first-order valence-corrected chi connectivity index (χ1v) is 27.9. The zero-order valence-electron chi connectivity index (χ0n) is 43.9. The molecule has 0 aromatic rings. The predicted octanol–water partition coefficient (Wildman–Crippen LogP) is 9.30. The van der Waals surface area contributed by atoms with E-state index in [1.54, 1.807) is 0 Å². The van der Waals surface area contributed by atoms with E-state index in [4.69, 9.17) is 28.4 Å². The molecule has 0 amide bonds. The minimum absolute atomic E-state index is 0.0505. The molecule has 2 saturated heterocycles. The summed E-state index contributed by atoms with van der Waals surface area (Å²) in [5.74, 6) is -0.386. The quantitative estimate of drug-likeness (QED) is 0.0172. The first-order valence-electron chi connectivity index (χ1n) is 27.9. The van der Waals surface area contributed by atoms with Crippen LogP contribution in [0.5, 0.6) is 0 Å². The second-order valence-electron chi connectivity index (χ2n) is 19.4. The summed E-state index contributed by atoms with van der Waals surface area (Å²) < 4.78 is 34.3. The van der Waals surface area contributed by atoms with Crippen molar-refractivity contribution in [2.45, 2.75) is 261 Å². The number of rotatable bonds is 44. The van der Waals surface area contributed by atoms with E-state index in [1.165, 1.54) is 83.5 Å². The maximum atomic E-state index is 13.0. The fraction of sp³-hybridized carbons (Fsp3) is 0.807. The van der Waals surface area contributed by atoms with Crippen LogP contribution in [0.4, 0.5) is 0 Å². The van der Waals surface area contributed by atoms with Crippen molar-refractivity contribution in [3.8, 4) is 0 Å². The lowest BCUT2D eigenvalue weighted by molar-refractivity contribution is -0.332. The number of ether oxygens (including phenoxy) is 6. The Labute approximate surface area is 428 Å². The summed E-state index contributed by atoms with van der Waals surface area (Å²) in [5, 5.41) is 72.3. The zero-order chi connectivity index (χ0) is 51.6. The lowest BCUT2D eigenvalue weighted by Crippen LogP contribution is -2.61. The number of aliphatic hydroxyl groups is 7. The van der Waals surface area contributed by atoms with Crippen molar-refractivity contribution < 1.29 is 69.0 Å². The molecular weight excluding hydrogens is 909 g/mol. The highest BCUT2D eigenvalue weighted by molar-refractivity contribution is 5.69. The largest absolute Gasteiger partial charge is 0.457 e. The lowest BCUT2D eigenvalue weighted by Gasteiger charge is -2.42. The van der Waals surface area contributed by atoms with Gasteiger partial charge in [0.1, 0.15) is 54.9 Å². The lowest BCUT2D eigenvalue weighted by atomic mass is 9.98. The third kappa shape index (κ3) is 31.2. The molecule has 2 aliphatic rings. The Kier molecular flexibility index (Phi) is 40.2. The third-order valence-corrected chi connectivity index (χ3v) is 13.0. The number of esters is 1. The summed E-state index contributed by atoms with van der Waals surface area (Å²) in [5.41, 5.74) is 0. The highest BCUT2D eigenvalue weighted by atomic mass is 16.7. The maximum absolute atomic E-state index is 13.0. The van der Waals surface area contributed by atoms with E-state index >= 15 is 0 Å². The van der Waals surface area contributed by atoms with Crippen LogP contribution in [0.2, 0.25) is 0 Å². The van der Waals surface area contributed by atoms with Crippen LogP contribution in [-0.4, -0.2) is 142 Å². The molecule has 2 aliphatic heterocycles. The van der Waals surface area contributed by atoms with E-state index in [0.717, 1.165) is 83.5 Å². The van der Waals surface area contributed by atoms with Crippen LogP contribution in [0.3, 0.4) is 0 Å².